The van der Waals surface area contributed by atoms with Crippen LogP contribution >= 0.6 is 0 Å². The Hall–Kier alpha value is -1.58. The van der Waals surface area contributed by atoms with E-state index in [-0.39, 0.29) is 11.6 Å². The largest absolute Gasteiger partial charge is 0.285 e. The van der Waals surface area contributed by atoms with Crippen LogP contribution in [0.4, 0.5) is 0 Å². The summed E-state index contributed by atoms with van der Waals surface area (Å²) in [4.78, 5) is 22.8. The Labute approximate surface area is 76.8 Å². The number of aromatic nitrogens is 3. The molecular formula is C9H11N3O. The number of ketones is 1. The highest BCUT2D eigenvalue weighted by Crippen LogP contribution is 2.06. The lowest BCUT2D eigenvalue weighted by Gasteiger charge is -1.99. The zero-order valence-corrected chi connectivity index (χ0v) is 7.90. The first-order chi connectivity index (χ1) is 6.13. The zero-order valence-electron chi connectivity index (χ0n) is 7.90. The molecular weight excluding hydrogens is 166 g/mol. The van der Waals surface area contributed by atoms with E-state index in [2.05, 4.69) is 15.0 Å². The van der Waals surface area contributed by atoms with Gasteiger partial charge in [0, 0.05) is 0 Å². The van der Waals surface area contributed by atoms with Crippen molar-refractivity contribution in [3.05, 3.63) is 29.6 Å². The maximum Gasteiger partial charge on any atom is 0.225 e. The van der Waals surface area contributed by atoms with Crippen molar-refractivity contribution in [1.29, 1.82) is 0 Å². The molecule has 0 aromatic carbocycles. The minimum atomic E-state index is -0.137. The molecule has 4 nitrogen and oxygen atoms in total. The molecule has 0 atom stereocenters. The topological polar surface area (TPSA) is 55.7 Å². The number of hydrogen-bond acceptors (Lipinski definition) is 4. The van der Waals surface area contributed by atoms with Crippen LogP contribution < -0.4 is 0 Å². The van der Waals surface area contributed by atoms with Crippen LogP contribution in [-0.4, -0.2) is 20.7 Å². The second kappa shape index (κ2) is 3.89. The van der Waals surface area contributed by atoms with Crippen molar-refractivity contribution in [3.8, 4) is 0 Å². The molecule has 0 amide bonds. The van der Waals surface area contributed by atoms with Crippen molar-refractivity contribution < 1.29 is 4.79 Å². The van der Waals surface area contributed by atoms with E-state index < -0.39 is 0 Å². The summed E-state index contributed by atoms with van der Waals surface area (Å²) in [6.45, 7) is 5.53. The molecule has 0 saturated heterocycles. The van der Waals surface area contributed by atoms with Gasteiger partial charge in [-0.25, -0.2) is 15.0 Å². The third-order valence-corrected chi connectivity index (χ3v) is 1.79. The molecule has 0 N–H and O–H groups in total. The van der Waals surface area contributed by atoms with Gasteiger partial charge in [-0.05, 0) is 26.3 Å². The van der Waals surface area contributed by atoms with E-state index in [0.29, 0.717) is 5.57 Å². The van der Waals surface area contributed by atoms with Crippen molar-refractivity contribution in [2.45, 2.75) is 20.8 Å². The molecule has 0 bridgehead atoms. The second-order valence-corrected chi connectivity index (χ2v) is 2.92. The van der Waals surface area contributed by atoms with E-state index in [9.17, 15) is 4.79 Å². The molecule has 0 fully saturated rings. The highest BCUT2D eigenvalue weighted by Gasteiger charge is 2.11. The van der Waals surface area contributed by atoms with Crippen LogP contribution in [0.2, 0.25) is 0 Å². The summed E-state index contributed by atoms with van der Waals surface area (Å²) in [6.07, 6.45) is 2.64. The smallest absolute Gasteiger partial charge is 0.225 e. The summed E-state index contributed by atoms with van der Waals surface area (Å²) in [5, 5.41) is 0. The molecule has 1 aromatic rings. The van der Waals surface area contributed by atoms with Crippen LogP contribution in [-0.2, 0) is 0 Å². The maximum absolute atomic E-state index is 11.6. The predicted octanol–water partition coefficient (Wildman–Crippen LogP) is 1.41. The Bertz CT molecular complexity index is 339. The number of Topliss-reactive ketones (excluding diaryl/α,β-unsaturated/α-hetero) is 1. The summed E-state index contributed by atoms with van der Waals surface area (Å²) in [5.74, 6) is 0.0658. The maximum atomic E-state index is 11.6. The fourth-order valence-electron chi connectivity index (χ4n) is 0.751. The standard InChI is InChI=1S/C9H11N3O/c1-6(2)7(3)8(13)9-11-4-10-5-12-9/h4-5H,1-3H3. The molecule has 1 aromatic heterocycles. The first-order valence-electron chi connectivity index (χ1n) is 3.93. The van der Waals surface area contributed by atoms with Crippen molar-refractivity contribution >= 4 is 5.78 Å². The van der Waals surface area contributed by atoms with E-state index in [1.807, 2.05) is 13.8 Å². The molecule has 0 saturated carbocycles. The fourth-order valence-corrected chi connectivity index (χ4v) is 0.751. The van der Waals surface area contributed by atoms with Crippen LogP contribution in [0, 0.1) is 0 Å². The van der Waals surface area contributed by atoms with Gasteiger partial charge in [0.2, 0.25) is 11.6 Å². The second-order valence-electron chi connectivity index (χ2n) is 2.92. The van der Waals surface area contributed by atoms with Crippen molar-refractivity contribution in [1.82, 2.24) is 15.0 Å². The molecule has 0 spiro atoms. The fraction of sp³-hybridized carbons (Fsp3) is 0.333. The SMILES string of the molecule is CC(C)=C(C)C(=O)c1ncncn1. The minimum Gasteiger partial charge on any atom is -0.285 e. The molecule has 13 heavy (non-hydrogen) atoms. The average Bonchev–Trinajstić information content (AvgIpc) is 2.17. The molecule has 0 radical (unpaired) electrons. The highest BCUT2D eigenvalue weighted by molar-refractivity contribution is 6.05. The molecule has 0 aliphatic carbocycles. The Kier molecular flexibility index (Phi) is 2.84. The third-order valence-electron chi connectivity index (χ3n) is 1.79. The first-order valence-corrected chi connectivity index (χ1v) is 3.93. The van der Waals surface area contributed by atoms with Gasteiger partial charge in [-0.1, -0.05) is 5.57 Å². The van der Waals surface area contributed by atoms with Gasteiger partial charge in [-0.3, -0.25) is 4.79 Å². The number of hydrogen-bond donors (Lipinski definition) is 0. The normalized spacial score (nSPS) is 9.46. The van der Waals surface area contributed by atoms with E-state index in [4.69, 9.17) is 0 Å². The van der Waals surface area contributed by atoms with Crippen LogP contribution in [0.25, 0.3) is 0 Å². The van der Waals surface area contributed by atoms with E-state index >= 15 is 0 Å². The summed E-state index contributed by atoms with van der Waals surface area (Å²) < 4.78 is 0. The minimum absolute atomic E-state index is 0.137. The Balaban J connectivity index is 3.00. The van der Waals surface area contributed by atoms with Gasteiger partial charge >= 0.3 is 0 Å². The van der Waals surface area contributed by atoms with Gasteiger partial charge in [0.25, 0.3) is 0 Å². The average molecular weight is 177 g/mol. The number of nitrogens with zero attached hydrogens (tertiary/aromatic N) is 3. The van der Waals surface area contributed by atoms with Gasteiger partial charge in [-0.2, -0.15) is 0 Å². The molecule has 68 valence electrons. The number of carbonyl (C=O) groups is 1. The Morgan fingerprint density at radius 1 is 1.15 bits per heavy atom. The Morgan fingerprint density at radius 3 is 2.15 bits per heavy atom. The number of carbonyl (C=O) groups excluding carboxylic acids is 1. The Morgan fingerprint density at radius 2 is 1.69 bits per heavy atom. The zero-order chi connectivity index (χ0) is 9.84. The summed E-state index contributed by atoms with van der Waals surface area (Å²) >= 11 is 0. The van der Waals surface area contributed by atoms with Crippen LogP contribution in [0.1, 0.15) is 31.4 Å². The predicted molar refractivity (Wildman–Crippen MR) is 48.2 cm³/mol. The van der Waals surface area contributed by atoms with Gasteiger partial charge in [0.15, 0.2) is 0 Å². The van der Waals surface area contributed by atoms with Gasteiger partial charge < -0.3 is 0 Å². The first kappa shape index (κ1) is 9.51. The molecule has 0 aliphatic rings. The lowest BCUT2D eigenvalue weighted by molar-refractivity contribution is 0.102. The highest BCUT2D eigenvalue weighted by atomic mass is 16.1. The summed E-state index contributed by atoms with van der Waals surface area (Å²) in [7, 11) is 0. The third kappa shape index (κ3) is 2.18. The quantitative estimate of drug-likeness (QED) is 0.506. The lowest BCUT2D eigenvalue weighted by atomic mass is 10.1. The van der Waals surface area contributed by atoms with Gasteiger partial charge in [-0.15, -0.1) is 0 Å². The van der Waals surface area contributed by atoms with E-state index in [1.54, 1.807) is 6.92 Å². The van der Waals surface area contributed by atoms with Crippen LogP contribution in [0.3, 0.4) is 0 Å². The van der Waals surface area contributed by atoms with Crippen molar-refractivity contribution in [2.24, 2.45) is 0 Å². The molecule has 1 rings (SSSR count). The van der Waals surface area contributed by atoms with E-state index in [0.717, 1.165) is 5.57 Å². The number of rotatable bonds is 2. The van der Waals surface area contributed by atoms with E-state index in [1.165, 1.54) is 12.7 Å². The number of allylic oxidation sites excluding steroid dienone is 2. The van der Waals surface area contributed by atoms with Crippen molar-refractivity contribution in [2.75, 3.05) is 0 Å². The molecule has 0 unspecified atom stereocenters. The molecule has 1 heterocycles. The van der Waals surface area contributed by atoms with Crippen molar-refractivity contribution in [3.63, 3.8) is 0 Å². The van der Waals surface area contributed by atoms with Crippen LogP contribution in [0.15, 0.2) is 23.8 Å². The monoisotopic (exact) mass is 177 g/mol. The van der Waals surface area contributed by atoms with Crippen LogP contribution in [0.5, 0.6) is 0 Å². The summed E-state index contributed by atoms with van der Waals surface area (Å²) in [6, 6.07) is 0. The van der Waals surface area contributed by atoms with Gasteiger partial charge in [0.05, 0.1) is 0 Å². The van der Waals surface area contributed by atoms with Gasteiger partial charge in [0.1, 0.15) is 12.7 Å². The summed E-state index contributed by atoms with van der Waals surface area (Å²) in [5.41, 5.74) is 1.66. The lowest BCUT2D eigenvalue weighted by Crippen LogP contribution is -2.07. The molecule has 4 heteroatoms. The molecule has 0 aliphatic heterocycles.